The highest BCUT2D eigenvalue weighted by atomic mass is 19.1. The Morgan fingerprint density at radius 2 is 1.80 bits per heavy atom. The molecule has 1 rings (SSSR count). The molecule has 0 heterocycles. The lowest BCUT2D eigenvalue weighted by Gasteiger charge is -1.98. The van der Waals surface area contributed by atoms with Gasteiger partial charge in [0.2, 0.25) is 5.96 Å². The van der Waals surface area contributed by atoms with Crippen LogP contribution in [0.15, 0.2) is 28.2 Å². The summed E-state index contributed by atoms with van der Waals surface area (Å²) in [5.41, 5.74) is 15.0. The molecule has 80 valence electrons. The number of nitrogens with two attached hydrogens (primary N) is 3. The maximum absolute atomic E-state index is 13.0. The zero-order valence-electron chi connectivity index (χ0n) is 7.61. The highest BCUT2D eigenvalue weighted by molar-refractivity contribution is 5.93. The number of aliphatic imine (C=N–C) groups is 2. The Morgan fingerprint density at radius 1 is 1.13 bits per heavy atom. The number of guanidine groups is 2. The van der Waals surface area contributed by atoms with Gasteiger partial charge in [-0.2, -0.15) is 4.99 Å². The standard InChI is InChI=1S/C8H9F2N5/c9-4-1-2-5(10)6(3-4)14-8(13)15-7(11)12/h1-3H,(H6,11,12,13,14,15). The second-order valence-electron chi connectivity index (χ2n) is 2.60. The fourth-order valence-electron chi connectivity index (χ4n) is 0.852. The van der Waals surface area contributed by atoms with Crippen LogP contribution in [-0.4, -0.2) is 11.9 Å². The Morgan fingerprint density at radius 3 is 2.40 bits per heavy atom. The molecule has 0 spiro atoms. The minimum absolute atomic E-state index is 0.266. The number of hydrogen-bond acceptors (Lipinski definition) is 1. The first-order valence-corrected chi connectivity index (χ1v) is 3.88. The summed E-state index contributed by atoms with van der Waals surface area (Å²) in [4.78, 5) is 6.85. The number of halogens is 2. The Kier molecular flexibility index (Phi) is 3.17. The second kappa shape index (κ2) is 4.36. The highest BCUT2D eigenvalue weighted by Gasteiger charge is 2.02. The Hall–Kier alpha value is -2.18. The molecule has 0 fully saturated rings. The van der Waals surface area contributed by atoms with Crippen molar-refractivity contribution in [3.63, 3.8) is 0 Å². The van der Waals surface area contributed by atoms with Crippen LogP contribution < -0.4 is 17.2 Å². The predicted octanol–water partition coefficient (Wildman–Crippen LogP) is 0.184. The summed E-state index contributed by atoms with van der Waals surface area (Å²) < 4.78 is 25.7. The van der Waals surface area contributed by atoms with E-state index in [9.17, 15) is 8.78 Å². The van der Waals surface area contributed by atoms with Gasteiger partial charge in [0, 0.05) is 6.07 Å². The maximum Gasteiger partial charge on any atom is 0.223 e. The molecule has 0 aliphatic heterocycles. The topological polar surface area (TPSA) is 103 Å². The fourth-order valence-corrected chi connectivity index (χ4v) is 0.852. The van der Waals surface area contributed by atoms with Gasteiger partial charge in [0.1, 0.15) is 17.3 Å². The lowest BCUT2D eigenvalue weighted by Crippen LogP contribution is -2.26. The molecule has 0 saturated carbocycles. The number of rotatable bonds is 1. The predicted molar refractivity (Wildman–Crippen MR) is 53.5 cm³/mol. The van der Waals surface area contributed by atoms with Gasteiger partial charge in [-0.1, -0.05) is 0 Å². The minimum atomic E-state index is -0.717. The van der Waals surface area contributed by atoms with Crippen LogP contribution in [0.2, 0.25) is 0 Å². The van der Waals surface area contributed by atoms with E-state index in [1.807, 2.05) is 0 Å². The summed E-state index contributed by atoms with van der Waals surface area (Å²) in [7, 11) is 0. The molecule has 0 unspecified atom stereocenters. The summed E-state index contributed by atoms with van der Waals surface area (Å²) >= 11 is 0. The molecule has 0 atom stereocenters. The van der Waals surface area contributed by atoms with E-state index < -0.39 is 11.6 Å². The minimum Gasteiger partial charge on any atom is -0.370 e. The Balaban J connectivity index is 3.07. The second-order valence-corrected chi connectivity index (χ2v) is 2.60. The summed E-state index contributed by atoms with van der Waals surface area (Å²) in [5.74, 6) is -2.01. The van der Waals surface area contributed by atoms with Gasteiger partial charge in [-0.3, -0.25) is 0 Å². The van der Waals surface area contributed by atoms with Crippen LogP contribution in [0.3, 0.4) is 0 Å². The van der Waals surface area contributed by atoms with Crippen molar-refractivity contribution in [3.8, 4) is 0 Å². The van der Waals surface area contributed by atoms with E-state index in [2.05, 4.69) is 9.98 Å². The van der Waals surface area contributed by atoms with Gasteiger partial charge in [0.05, 0.1) is 0 Å². The van der Waals surface area contributed by atoms with Crippen molar-refractivity contribution >= 4 is 17.6 Å². The van der Waals surface area contributed by atoms with E-state index in [0.29, 0.717) is 0 Å². The molecule has 5 nitrogen and oxygen atoms in total. The van der Waals surface area contributed by atoms with Crippen LogP contribution in [0.4, 0.5) is 14.5 Å². The molecular formula is C8H9F2N5. The third-order valence-electron chi connectivity index (χ3n) is 1.39. The molecule has 0 aliphatic carbocycles. The summed E-state index contributed by atoms with van der Waals surface area (Å²) in [6, 6.07) is 2.77. The van der Waals surface area contributed by atoms with Crippen molar-refractivity contribution in [2.45, 2.75) is 0 Å². The van der Waals surface area contributed by atoms with Crippen molar-refractivity contribution in [3.05, 3.63) is 29.8 Å². The van der Waals surface area contributed by atoms with Crippen LogP contribution in [-0.2, 0) is 0 Å². The number of hydrogen-bond donors (Lipinski definition) is 3. The lowest BCUT2D eigenvalue weighted by atomic mass is 10.3. The van der Waals surface area contributed by atoms with Gasteiger partial charge in [-0.15, -0.1) is 0 Å². The molecule has 0 radical (unpaired) electrons. The van der Waals surface area contributed by atoms with Crippen LogP contribution in [0.1, 0.15) is 0 Å². The Labute approximate surface area is 84.3 Å². The molecule has 6 N–H and O–H groups in total. The summed E-state index contributed by atoms with van der Waals surface area (Å²) in [6.45, 7) is 0. The molecule has 0 saturated heterocycles. The summed E-state index contributed by atoms with van der Waals surface area (Å²) in [5, 5.41) is 0. The van der Waals surface area contributed by atoms with Crippen molar-refractivity contribution in [2.24, 2.45) is 27.2 Å². The monoisotopic (exact) mass is 213 g/mol. The van der Waals surface area contributed by atoms with Crippen molar-refractivity contribution in [1.82, 2.24) is 0 Å². The molecule has 15 heavy (non-hydrogen) atoms. The molecule has 0 bridgehead atoms. The summed E-state index contributed by atoms with van der Waals surface area (Å²) in [6.07, 6.45) is 0. The van der Waals surface area contributed by atoms with E-state index >= 15 is 0 Å². The van der Waals surface area contributed by atoms with Gasteiger partial charge in [-0.05, 0) is 12.1 Å². The van der Waals surface area contributed by atoms with Gasteiger partial charge >= 0.3 is 0 Å². The highest BCUT2D eigenvalue weighted by Crippen LogP contribution is 2.18. The first-order chi connectivity index (χ1) is 6.99. The van der Waals surface area contributed by atoms with Crippen molar-refractivity contribution < 1.29 is 8.78 Å². The first-order valence-electron chi connectivity index (χ1n) is 3.88. The zero-order valence-corrected chi connectivity index (χ0v) is 7.61. The third-order valence-corrected chi connectivity index (χ3v) is 1.39. The Bertz CT molecular complexity index is 423. The van der Waals surface area contributed by atoms with E-state index in [0.717, 1.165) is 18.2 Å². The molecular weight excluding hydrogens is 204 g/mol. The molecule has 7 heteroatoms. The number of nitrogens with zero attached hydrogens (tertiary/aromatic N) is 2. The van der Waals surface area contributed by atoms with Crippen LogP contribution in [0.25, 0.3) is 0 Å². The zero-order chi connectivity index (χ0) is 11.4. The lowest BCUT2D eigenvalue weighted by molar-refractivity contribution is 0.602. The van der Waals surface area contributed by atoms with Gasteiger partial charge in [0.25, 0.3) is 0 Å². The quantitative estimate of drug-likeness (QED) is 0.458. The van der Waals surface area contributed by atoms with Gasteiger partial charge in [0.15, 0.2) is 5.96 Å². The fraction of sp³-hybridized carbons (Fsp3) is 0. The number of benzene rings is 1. The van der Waals surface area contributed by atoms with Crippen molar-refractivity contribution in [2.75, 3.05) is 0 Å². The maximum atomic E-state index is 13.0. The average Bonchev–Trinajstić information content (AvgIpc) is 2.10. The van der Waals surface area contributed by atoms with Crippen molar-refractivity contribution in [1.29, 1.82) is 0 Å². The normalized spacial score (nSPS) is 11.2. The molecule has 0 aromatic heterocycles. The van der Waals surface area contributed by atoms with E-state index in [1.54, 1.807) is 0 Å². The van der Waals surface area contributed by atoms with E-state index in [-0.39, 0.29) is 17.6 Å². The first kappa shape index (κ1) is 10.9. The van der Waals surface area contributed by atoms with E-state index in [4.69, 9.17) is 17.2 Å². The van der Waals surface area contributed by atoms with Crippen LogP contribution in [0, 0.1) is 11.6 Å². The molecule has 1 aromatic carbocycles. The molecule has 0 aliphatic rings. The SMILES string of the molecule is NC(N)=NC(N)=Nc1cc(F)ccc1F. The smallest absolute Gasteiger partial charge is 0.223 e. The van der Waals surface area contributed by atoms with Crippen LogP contribution in [0.5, 0.6) is 0 Å². The molecule has 1 aromatic rings. The van der Waals surface area contributed by atoms with Gasteiger partial charge in [-0.25, -0.2) is 13.8 Å². The average molecular weight is 213 g/mol. The van der Waals surface area contributed by atoms with Gasteiger partial charge < -0.3 is 17.2 Å². The van der Waals surface area contributed by atoms with Crippen LogP contribution >= 0.6 is 0 Å². The van der Waals surface area contributed by atoms with E-state index in [1.165, 1.54) is 0 Å². The molecule has 0 amide bonds. The largest absolute Gasteiger partial charge is 0.370 e. The third kappa shape index (κ3) is 3.22.